The second-order valence-electron chi connectivity index (χ2n) is 3.91. The summed E-state index contributed by atoms with van der Waals surface area (Å²) in [6.07, 6.45) is 2.18. The molecule has 0 aliphatic carbocycles. The lowest BCUT2D eigenvalue weighted by Gasteiger charge is -2.13. The number of sulfonamides is 1. The van der Waals surface area contributed by atoms with Crippen LogP contribution in [0.1, 0.15) is 20.3 Å². The molecule has 0 amide bonds. The minimum absolute atomic E-state index is 0.411. The van der Waals surface area contributed by atoms with Gasteiger partial charge in [0.1, 0.15) is 0 Å². The average molecular weight is 242 g/mol. The van der Waals surface area contributed by atoms with E-state index >= 15 is 0 Å². The van der Waals surface area contributed by atoms with Crippen LogP contribution in [0.2, 0.25) is 0 Å². The van der Waals surface area contributed by atoms with E-state index in [1.807, 2.05) is 12.1 Å². The highest BCUT2D eigenvalue weighted by Gasteiger charge is 2.02. The zero-order valence-corrected chi connectivity index (χ0v) is 10.6. The van der Waals surface area contributed by atoms with Crippen molar-refractivity contribution in [2.24, 2.45) is 0 Å². The van der Waals surface area contributed by atoms with Crippen molar-refractivity contribution < 1.29 is 8.42 Å². The quantitative estimate of drug-likeness (QED) is 0.832. The number of rotatable bonds is 5. The Kier molecular flexibility index (Phi) is 4.18. The van der Waals surface area contributed by atoms with Gasteiger partial charge in [-0.05, 0) is 37.6 Å². The van der Waals surface area contributed by atoms with Gasteiger partial charge in [0.25, 0.3) is 0 Å². The molecular formula is C11H18N2O2S. The zero-order valence-electron chi connectivity index (χ0n) is 9.82. The molecule has 0 aromatic heterocycles. The fourth-order valence-electron chi connectivity index (χ4n) is 1.24. The Morgan fingerprint density at radius 3 is 2.12 bits per heavy atom. The molecule has 0 saturated heterocycles. The smallest absolute Gasteiger partial charge is 0.229 e. The molecule has 1 aromatic rings. The molecule has 4 nitrogen and oxygen atoms in total. The summed E-state index contributed by atoms with van der Waals surface area (Å²) in [7, 11) is -3.19. The van der Waals surface area contributed by atoms with Gasteiger partial charge < -0.3 is 5.32 Å². The number of nitrogens with one attached hydrogen (secondary N) is 2. The van der Waals surface area contributed by atoms with E-state index in [0.717, 1.165) is 18.4 Å². The highest BCUT2D eigenvalue weighted by Crippen LogP contribution is 2.15. The molecule has 5 heteroatoms. The molecule has 0 aliphatic heterocycles. The lowest BCUT2D eigenvalue weighted by molar-refractivity contribution is 0.607. The fraction of sp³-hybridized carbons (Fsp3) is 0.455. The maximum absolute atomic E-state index is 11.0. The van der Waals surface area contributed by atoms with Gasteiger partial charge in [-0.25, -0.2) is 8.42 Å². The molecule has 0 radical (unpaired) electrons. The van der Waals surface area contributed by atoms with Crippen LogP contribution in [0, 0.1) is 0 Å². The number of anilines is 2. The third-order valence-electron chi connectivity index (χ3n) is 2.21. The Morgan fingerprint density at radius 2 is 1.69 bits per heavy atom. The van der Waals surface area contributed by atoms with Gasteiger partial charge in [-0.2, -0.15) is 0 Å². The molecule has 0 bridgehead atoms. The van der Waals surface area contributed by atoms with Crippen LogP contribution in [-0.2, 0) is 10.0 Å². The Bertz CT molecular complexity index is 426. The number of hydrogen-bond donors (Lipinski definition) is 2. The molecule has 0 spiro atoms. The first-order chi connectivity index (χ1) is 7.40. The first-order valence-corrected chi connectivity index (χ1v) is 7.14. The van der Waals surface area contributed by atoms with Crippen molar-refractivity contribution in [2.45, 2.75) is 26.3 Å². The fourth-order valence-corrected chi connectivity index (χ4v) is 1.80. The normalized spacial score (nSPS) is 13.2. The lowest BCUT2D eigenvalue weighted by atomic mass is 10.2. The lowest BCUT2D eigenvalue weighted by Crippen LogP contribution is -2.13. The van der Waals surface area contributed by atoms with E-state index in [-0.39, 0.29) is 0 Å². The highest BCUT2D eigenvalue weighted by atomic mass is 32.2. The van der Waals surface area contributed by atoms with E-state index in [4.69, 9.17) is 0 Å². The molecule has 0 fully saturated rings. The Balaban J connectivity index is 2.68. The molecule has 0 saturated carbocycles. The van der Waals surface area contributed by atoms with Crippen molar-refractivity contribution in [3.05, 3.63) is 24.3 Å². The average Bonchev–Trinajstić information content (AvgIpc) is 2.18. The van der Waals surface area contributed by atoms with Crippen LogP contribution in [0.3, 0.4) is 0 Å². The largest absolute Gasteiger partial charge is 0.383 e. The third kappa shape index (κ3) is 4.53. The summed E-state index contributed by atoms with van der Waals surface area (Å²) >= 11 is 0. The van der Waals surface area contributed by atoms with E-state index in [0.29, 0.717) is 11.7 Å². The van der Waals surface area contributed by atoms with Crippen LogP contribution in [0.5, 0.6) is 0 Å². The van der Waals surface area contributed by atoms with Crippen molar-refractivity contribution >= 4 is 21.4 Å². The van der Waals surface area contributed by atoms with Gasteiger partial charge in [0, 0.05) is 17.4 Å². The summed E-state index contributed by atoms with van der Waals surface area (Å²) in [4.78, 5) is 0. The van der Waals surface area contributed by atoms with Gasteiger partial charge in [0.2, 0.25) is 10.0 Å². The molecule has 0 aliphatic rings. The van der Waals surface area contributed by atoms with E-state index in [2.05, 4.69) is 23.9 Å². The van der Waals surface area contributed by atoms with E-state index in [1.54, 1.807) is 12.1 Å². The topological polar surface area (TPSA) is 58.2 Å². The Labute approximate surface area is 97.1 Å². The summed E-state index contributed by atoms with van der Waals surface area (Å²) in [6, 6.07) is 7.62. The third-order valence-corrected chi connectivity index (χ3v) is 2.82. The standard InChI is InChI=1S/C11H18N2O2S/c1-4-9(2)12-10-5-7-11(8-6-10)13-16(3,14)15/h5-9,12-13H,4H2,1-3H3. The van der Waals surface area contributed by atoms with Crippen molar-refractivity contribution in [1.82, 2.24) is 0 Å². The monoisotopic (exact) mass is 242 g/mol. The van der Waals surface area contributed by atoms with Gasteiger partial charge in [-0.15, -0.1) is 0 Å². The molecule has 0 heterocycles. The second-order valence-corrected chi connectivity index (χ2v) is 5.65. The van der Waals surface area contributed by atoms with Crippen LogP contribution < -0.4 is 10.0 Å². The molecular weight excluding hydrogens is 224 g/mol. The molecule has 2 N–H and O–H groups in total. The van der Waals surface area contributed by atoms with Gasteiger partial charge in [0.05, 0.1) is 6.26 Å². The second kappa shape index (κ2) is 5.21. The van der Waals surface area contributed by atoms with Crippen LogP contribution >= 0.6 is 0 Å². The molecule has 90 valence electrons. The van der Waals surface area contributed by atoms with E-state index < -0.39 is 10.0 Å². The summed E-state index contributed by atoms with van der Waals surface area (Å²) in [5.41, 5.74) is 1.57. The van der Waals surface area contributed by atoms with Gasteiger partial charge >= 0.3 is 0 Å². The first kappa shape index (κ1) is 12.8. The minimum atomic E-state index is -3.19. The van der Waals surface area contributed by atoms with Gasteiger partial charge in [-0.1, -0.05) is 6.92 Å². The van der Waals surface area contributed by atoms with Crippen LogP contribution in [0.25, 0.3) is 0 Å². The maximum Gasteiger partial charge on any atom is 0.229 e. The summed E-state index contributed by atoms with van der Waals surface area (Å²) in [5.74, 6) is 0. The van der Waals surface area contributed by atoms with Gasteiger partial charge in [0.15, 0.2) is 0 Å². The SMILES string of the molecule is CCC(C)Nc1ccc(NS(C)(=O)=O)cc1. The Hall–Kier alpha value is -1.23. The maximum atomic E-state index is 11.0. The van der Waals surface area contributed by atoms with Crippen molar-refractivity contribution in [3.63, 3.8) is 0 Å². The van der Waals surface area contributed by atoms with Crippen LogP contribution in [-0.4, -0.2) is 20.7 Å². The number of hydrogen-bond acceptors (Lipinski definition) is 3. The molecule has 1 atom stereocenters. The highest BCUT2D eigenvalue weighted by molar-refractivity contribution is 7.92. The zero-order chi connectivity index (χ0) is 12.2. The summed E-state index contributed by atoms with van der Waals surface area (Å²) < 4.78 is 24.4. The molecule has 1 unspecified atom stereocenters. The van der Waals surface area contributed by atoms with Gasteiger partial charge in [-0.3, -0.25) is 4.72 Å². The van der Waals surface area contributed by atoms with E-state index in [9.17, 15) is 8.42 Å². The van der Waals surface area contributed by atoms with Crippen LogP contribution in [0.4, 0.5) is 11.4 Å². The van der Waals surface area contributed by atoms with Crippen molar-refractivity contribution in [3.8, 4) is 0 Å². The predicted molar refractivity (Wildman–Crippen MR) is 68.3 cm³/mol. The number of benzene rings is 1. The van der Waals surface area contributed by atoms with Crippen molar-refractivity contribution in [2.75, 3.05) is 16.3 Å². The van der Waals surface area contributed by atoms with Crippen molar-refractivity contribution in [1.29, 1.82) is 0 Å². The minimum Gasteiger partial charge on any atom is -0.383 e. The molecule has 16 heavy (non-hydrogen) atoms. The Morgan fingerprint density at radius 1 is 1.19 bits per heavy atom. The summed E-state index contributed by atoms with van der Waals surface area (Å²) in [5, 5.41) is 3.30. The first-order valence-electron chi connectivity index (χ1n) is 5.25. The summed E-state index contributed by atoms with van der Waals surface area (Å²) in [6.45, 7) is 4.21. The molecule has 1 rings (SSSR count). The molecule has 1 aromatic carbocycles. The predicted octanol–water partition coefficient (Wildman–Crippen LogP) is 2.27. The van der Waals surface area contributed by atoms with Crippen LogP contribution in [0.15, 0.2) is 24.3 Å². The van der Waals surface area contributed by atoms with E-state index in [1.165, 1.54) is 0 Å².